The summed E-state index contributed by atoms with van der Waals surface area (Å²) in [6.45, 7) is 0. The molecule has 1 aromatic carbocycles. The zero-order valence-corrected chi connectivity index (χ0v) is 12.2. The molecule has 4 N–H and O–H groups in total. The molecule has 0 saturated heterocycles. The molecule has 1 heterocycles. The Hall–Kier alpha value is -2.12. The largest absolute Gasteiger partial charge is 0.307 e. The third-order valence-corrected chi connectivity index (χ3v) is 4.96. The molecular weight excluding hydrogens is 288 g/mol. The third-order valence-electron chi connectivity index (χ3n) is 3.55. The topological polar surface area (TPSA) is 97.1 Å². The number of nitrogens with zero attached hydrogens (tertiary/aromatic N) is 1. The number of benzene rings is 1. The highest BCUT2D eigenvalue weighted by atomic mass is 32.2. The first-order valence-corrected chi connectivity index (χ1v) is 8.15. The minimum atomic E-state index is -3.73. The first-order valence-electron chi connectivity index (χ1n) is 6.66. The van der Waals surface area contributed by atoms with Crippen molar-refractivity contribution >= 4 is 21.5 Å². The summed E-state index contributed by atoms with van der Waals surface area (Å²) < 4.78 is 27.4. The smallest absolute Gasteiger partial charge is 0.265 e. The summed E-state index contributed by atoms with van der Waals surface area (Å²) >= 11 is 0. The van der Waals surface area contributed by atoms with Crippen LogP contribution in [-0.2, 0) is 22.9 Å². The average Bonchev–Trinajstić information content (AvgIpc) is 2.94. The fourth-order valence-corrected chi connectivity index (χ4v) is 3.73. The number of aromatic nitrogens is 1. The molecule has 0 saturated carbocycles. The van der Waals surface area contributed by atoms with Crippen LogP contribution in [0.4, 0.5) is 11.5 Å². The summed E-state index contributed by atoms with van der Waals surface area (Å²) in [5, 5.41) is 0. The van der Waals surface area contributed by atoms with Crippen LogP contribution in [0.2, 0.25) is 0 Å². The van der Waals surface area contributed by atoms with E-state index in [1.165, 1.54) is 23.4 Å². The van der Waals surface area contributed by atoms with Gasteiger partial charge in [0, 0.05) is 11.9 Å². The van der Waals surface area contributed by atoms with Crippen LogP contribution in [0.1, 0.15) is 17.5 Å². The highest BCUT2D eigenvalue weighted by Crippen LogP contribution is 2.27. The summed E-state index contributed by atoms with van der Waals surface area (Å²) in [6.07, 6.45) is 4.65. The molecule has 0 unspecified atom stereocenters. The zero-order valence-electron chi connectivity index (χ0n) is 11.3. The molecule has 0 aliphatic heterocycles. The molecule has 0 spiro atoms. The van der Waals surface area contributed by atoms with Crippen molar-refractivity contribution in [1.82, 2.24) is 4.98 Å². The number of fused-ring (bicyclic) bond motifs is 1. The van der Waals surface area contributed by atoms with Crippen LogP contribution in [0.3, 0.4) is 0 Å². The number of hydrazine groups is 1. The van der Waals surface area contributed by atoms with Gasteiger partial charge in [-0.05, 0) is 54.7 Å². The first-order chi connectivity index (χ1) is 10.1. The Morgan fingerprint density at radius 2 is 1.95 bits per heavy atom. The summed E-state index contributed by atoms with van der Waals surface area (Å²) in [4.78, 5) is 3.93. The number of sulfonamides is 1. The zero-order chi connectivity index (χ0) is 14.9. The Morgan fingerprint density at radius 1 is 1.14 bits per heavy atom. The van der Waals surface area contributed by atoms with E-state index in [1.54, 1.807) is 12.1 Å². The first kappa shape index (κ1) is 13.8. The van der Waals surface area contributed by atoms with Gasteiger partial charge in [0.25, 0.3) is 10.0 Å². The number of hydrogen-bond donors (Lipinski definition) is 3. The Balaban J connectivity index is 1.93. The van der Waals surface area contributed by atoms with Crippen LogP contribution >= 0.6 is 0 Å². The molecule has 0 bridgehead atoms. The van der Waals surface area contributed by atoms with Crippen LogP contribution in [0, 0.1) is 0 Å². The van der Waals surface area contributed by atoms with E-state index >= 15 is 0 Å². The quantitative estimate of drug-likeness (QED) is 0.589. The van der Waals surface area contributed by atoms with E-state index in [-0.39, 0.29) is 10.7 Å². The highest BCUT2D eigenvalue weighted by molar-refractivity contribution is 7.92. The van der Waals surface area contributed by atoms with Gasteiger partial charge >= 0.3 is 0 Å². The van der Waals surface area contributed by atoms with Crippen molar-refractivity contribution < 1.29 is 8.42 Å². The molecule has 0 radical (unpaired) electrons. The number of nitrogens with two attached hydrogens (primary N) is 1. The average molecular weight is 304 g/mol. The van der Waals surface area contributed by atoms with Gasteiger partial charge in [-0.25, -0.2) is 19.2 Å². The number of aryl methyl sites for hydroxylation is 2. The van der Waals surface area contributed by atoms with Gasteiger partial charge in [-0.15, -0.1) is 0 Å². The molecule has 1 aliphatic carbocycles. The molecule has 110 valence electrons. The lowest BCUT2D eigenvalue weighted by Crippen LogP contribution is -2.18. The van der Waals surface area contributed by atoms with E-state index in [0.29, 0.717) is 5.69 Å². The predicted molar refractivity (Wildman–Crippen MR) is 81.3 cm³/mol. The molecule has 21 heavy (non-hydrogen) atoms. The third kappa shape index (κ3) is 2.70. The van der Waals surface area contributed by atoms with E-state index in [9.17, 15) is 8.42 Å². The molecule has 3 rings (SSSR count). The Bertz CT molecular complexity index is 774. The number of hydrogen-bond acceptors (Lipinski definition) is 5. The van der Waals surface area contributed by atoms with Gasteiger partial charge in [-0.3, -0.25) is 4.72 Å². The minimum absolute atomic E-state index is 0.0213. The molecule has 1 aromatic heterocycles. The van der Waals surface area contributed by atoms with Gasteiger partial charge in [0.15, 0.2) is 5.82 Å². The summed E-state index contributed by atoms with van der Waals surface area (Å²) in [6, 6.07) is 8.67. The van der Waals surface area contributed by atoms with Crippen LogP contribution in [0.25, 0.3) is 0 Å². The minimum Gasteiger partial charge on any atom is -0.307 e. The molecule has 2 aromatic rings. The van der Waals surface area contributed by atoms with E-state index in [2.05, 4.69) is 15.1 Å². The fourth-order valence-electron chi connectivity index (χ4n) is 2.56. The van der Waals surface area contributed by atoms with Crippen LogP contribution in [-0.4, -0.2) is 13.4 Å². The van der Waals surface area contributed by atoms with Crippen LogP contribution < -0.4 is 16.0 Å². The van der Waals surface area contributed by atoms with Gasteiger partial charge in [0.2, 0.25) is 0 Å². The molecule has 7 heteroatoms. The number of rotatable bonds is 4. The molecular formula is C14H16N4O2S. The maximum absolute atomic E-state index is 12.4. The number of pyridine rings is 1. The second-order valence-corrected chi connectivity index (χ2v) is 6.59. The van der Waals surface area contributed by atoms with Crippen molar-refractivity contribution in [3.63, 3.8) is 0 Å². The van der Waals surface area contributed by atoms with E-state index in [4.69, 9.17) is 5.84 Å². The van der Waals surface area contributed by atoms with Gasteiger partial charge in [-0.2, -0.15) is 0 Å². The lowest BCUT2D eigenvalue weighted by molar-refractivity contribution is 0.601. The Kier molecular flexibility index (Phi) is 3.52. The van der Waals surface area contributed by atoms with Gasteiger partial charge in [0.1, 0.15) is 4.90 Å². The highest BCUT2D eigenvalue weighted by Gasteiger charge is 2.20. The van der Waals surface area contributed by atoms with Crippen molar-refractivity contribution in [2.45, 2.75) is 24.2 Å². The second kappa shape index (κ2) is 5.34. The molecule has 1 aliphatic rings. The van der Waals surface area contributed by atoms with E-state index < -0.39 is 10.0 Å². The fraction of sp³-hybridized carbons (Fsp3) is 0.214. The van der Waals surface area contributed by atoms with Crippen LogP contribution in [0.5, 0.6) is 0 Å². The Labute approximate surface area is 123 Å². The van der Waals surface area contributed by atoms with E-state index in [1.807, 2.05) is 12.1 Å². The molecule has 6 nitrogen and oxygen atoms in total. The number of nitrogens with one attached hydrogen (secondary N) is 2. The second-order valence-electron chi connectivity index (χ2n) is 4.94. The molecule has 0 amide bonds. The SMILES string of the molecule is NNc1ncccc1S(=O)(=O)Nc1ccc2c(c1)CCC2. The van der Waals surface area contributed by atoms with Gasteiger partial charge < -0.3 is 5.43 Å². The lowest BCUT2D eigenvalue weighted by atomic mass is 10.1. The van der Waals surface area contributed by atoms with Crippen molar-refractivity contribution in [1.29, 1.82) is 0 Å². The standard InChI is InChI=1S/C14H16N4O2S/c15-17-14-13(5-2-8-16-14)21(19,20)18-12-7-6-10-3-1-4-11(10)9-12/h2,5-9,18H,1,3-4,15H2,(H,16,17). The van der Waals surface area contributed by atoms with Crippen molar-refractivity contribution in [2.24, 2.45) is 5.84 Å². The number of nitrogen functional groups attached to an aromatic ring is 1. The normalized spacial score (nSPS) is 13.8. The monoisotopic (exact) mass is 304 g/mol. The molecule has 0 atom stereocenters. The maximum Gasteiger partial charge on any atom is 0.265 e. The Morgan fingerprint density at radius 3 is 2.76 bits per heavy atom. The lowest BCUT2D eigenvalue weighted by Gasteiger charge is -2.12. The summed E-state index contributed by atoms with van der Waals surface area (Å²) in [7, 11) is -3.73. The van der Waals surface area contributed by atoms with Gasteiger partial charge in [-0.1, -0.05) is 6.07 Å². The van der Waals surface area contributed by atoms with Gasteiger partial charge in [0.05, 0.1) is 0 Å². The van der Waals surface area contributed by atoms with E-state index in [0.717, 1.165) is 19.3 Å². The summed E-state index contributed by atoms with van der Waals surface area (Å²) in [5.41, 5.74) is 5.36. The number of anilines is 2. The van der Waals surface area contributed by atoms with Crippen molar-refractivity contribution in [3.8, 4) is 0 Å². The predicted octanol–water partition coefficient (Wildman–Crippen LogP) is 1.66. The maximum atomic E-state index is 12.4. The van der Waals surface area contributed by atoms with Crippen molar-refractivity contribution in [3.05, 3.63) is 47.7 Å². The molecule has 0 fully saturated rings. The van der Waals surface area contributed by atoms with Crippen molar-refractivity contribution in [2.75, 3.05) is 10.1 Å². The van der Waals surface area contributed by atoms with Crippen LogP contribution in [0.15, 0.2) is 41.4 Å². The summed E-state index contributed by atoms with van der Waals surface area (Å²) in [5.74, 6) is 5.43.